The van der Waals surface area contributed by atoms with E-state index < -0.39 is 39.3 Å². The van der Waals surface area contributed by atoms with Crippen LogP contribution in [0.4, 0.5) is 8.78 Å². The maximum atomic E-state index is 13.6. The summed E-state index contributed by atoms with van der Waals surface area (Å²) in [5.74, 6) is -3.83. The first kappa shape index (κ1) is 20.4. The molecule has 0 fully saturated rings. The summed E-state index contributed by atoms with van der Waals surface area (Å²) < 4.78 is 52.1. The topological polar surface area (TPSA) is 110 Å². The Morgan fingerprint density at radius 1 is 1.14 bits per heavy atom. The molecule has 0 radical (unpaired) electrons. The van der Waals surface area contributed by atoms with Crippen molar-refractivity contribution in [2.45, 2.75) is 11.2 Å². The zero-order valence-electron chi connectivity index (χ0n) is 15.3. The van der Waals surface area contributed by atoms with Crippen molar-refractivity contribution in [2.75, 3.05) is 13.3 Å². The monoisotopic (exact) mass is 422 g/mol. The zero-order chi connectivity index (χ0) is 21.3. The number of aromatic nitrogens is 2. The Morgan fingerprint density at radius 2 is 1.86 bits per heavy atom. The maximum absolute atomic E-state index is 13.6. The van der Waals surface area contributed by atoms with Crippen LogP contribution in [0.3, 0.4) is 0 Å². The van der Waals surface area contributed by atoms with Gasteiger partial charge in [0.05, 0.1) is 5.52 Å². The second-order valence-electron chi connectivity index (χ2n) is 6.17. The van der Waals surface area contributed by atoms with Crippen LogP contribution in [-0.2, 0) is 14.6 Å². The van der Waals surface area contributed by atoms with Crippen LogP contribution in [0.5, 0.6) is 0 Å². The van der Waals surface area contributed by atoms with Gasteiger partial charge in [0.15, 0.2) is 17.3 Å². The van der Waals surface area contributed by atoms with Gasteiger partial charge in [-0.1, -0.05) is 12.1 Å². The molecule has 0 aliphatic heterocycles. The van der Waals surface area contributed by atoms with Crippen molar-refractivity contribution in [2.24, 2.45) is 0 Å². The summed E-state index contributed by atoms with van der Waals surface area (Å²) in [6.45, 7) is 0. The molecule has 29 heavy (non-hydrogen) atoms. The summed E-state index contributed by atoms with van der Waals surface area (Å²) in [4.78, 5) is 29.0. The fourth-order valence-corrected chi connectivity index (χ4v) is 3.55. The molecule has 0 saturated heterocycles. The summed E-state index contributed by atoms with van der Waals surface area (Å²) >= 11 is 0. The van der Waals surface area contributed by atoms with E-state index in [2.05, 4.69) is 15.6 Å². The molecule has 2 N–H and O–H groups in total. The molecule has 1 unspecified atom stereocenters. The van der Waals surface area contributed by atoms with E-state index in [0.29, 0.717) is 0 Å². The molecule has 152 valence electrons. The van der Waals surface area contributed by atoms with E-state index in [0.717, 1.165) is 24.5 Å². The second-order valence-corrected chi connectivity index (χ2v) is 8.07. The van der Waals surface area contributed by atoms with Crippen LogP contribution >= 0.6 is 0 Å². The molecule has 0 spiro atoms. The Hall–Kier alpha value is -3.34. The van der Waals surface area contributed by atoms with Crippen molar-refractivity contribution in [1.29, 1.82) is 0 Å². The smallest absolute Gasteiger partial charge is 0.273 e. The number of hydrogen-bond donors (Lipinski definition) is 2. The first-order valence-corrected chi connectivity index (χ1v) is 10.2. The third-order valence-electron chi connectivity index (χ3n) is 4.12. The summed E-state index contributed by atoms with van der Waals surface area (Å²) in [6.07, 6.45) is 2.38. The number of rotatable bonds is 5. The Kier molecular flexibility index (Phi) is 5.33. The quantitative estimate of drug-likeness (QED) is 0.643. The number of carbonyl (C=O) groups is 2. The van der Waals surface area contributed by atoms with Crippen LogP contribution in [0.15, 0.2) is 47.8 Å². The molecule has 0 saturated carbocycles. The van der Waals surface area contributed by atoms with Gasteiger partial charge in [0, 0.05) is 19.5 Å². The standard InChI is InChI=1S/C18H16F2N4O4S/c1-21-16(25)14(10-6-7-11(19)12(20)9-10)22-17(26)15-13-5-3-4-8-24(13)18(23-15)29(2,27)28/h3-9,14H,1-2H3,(H,21,25)(H,22,26). The Morgan fingerprint density at radius 3 is 2.48 bits per heavy atom. The molecule has 11 heteroatoms. The lowest BCUT2D eigenvalue weighted by Gasteiger charge is -2.17. The van der Waals surface area contributed by atoms with Crippen LogP contribution in [0.1, 0.15) is 22.1 Å². The van der Waals surface area contributed by atoms with Crippen LogP contribution in [0.2, 0.25) is 0 Å². The summed E-state index contributed by atoms with van der Waals surface area (Å²) in [5.41, 5.74) is -0.0302. The summed E-state index contributed by atoms with van der Waals surface area (Å²) in [6, 6.07) is 6.08. The molecule has 2 amide bonds. The average molecular weight is 422 g/mol. The van der Waals surface area contributed by atoms with E-state index in [-0.39, 0.29) is 21.9 Å². The molecule has 2 heterocycles. The minimum atomic E-state index is -3.75. The van der Waals surface area contributed by atoms with E-state index in [1.165, 1.54) is 23.7 Å². The second kappa shape index (κ2) is 7.59. The molecule has 1 atom stereocenters. The van der Waals surface area contributed by atoms with Crippen LogP contribution < -0.4 is 10.6 Å². The van der Waals surface area contributed by atoms with E-state index in [1.807, 2.05) is 0 Å². The molecule has 2 aromatic heterocycles. The van der Waals surface area contributed by atoms with E-state index in [4.69, 9.17) is 0 Å². The predicted octanol–water partition coefficient (Wildman–Crippen LogP) is 1.23. The highest BCUT2D eigenvalue weighted by Gasteiger charge is 2.28. The molecule has 0 aliphatic carbocycles. The van der Waals surface area contributed by atoms with Crippen molar-refractivity contribution < 1.29 is 26.8 Å². The SMILES string of the molecule is CNC(=O)C(NC(=O)c1nc(S(C)(=O)=O)n2ccccc12)c1ccc(F)c(F)c1. The number of benzene rings is 1. The number of sulfone groups is 1. The van der Waals surface area contributed by atoms with Gasteiger partial charge >= 0.3 is 0 Å². The van der Waals surface area contributed by atoms with Crippen molar-refractivity contribution in [3.63, 3.8) is 0 Å². The number of hydrogen-bond acceptors (Lipinski definition) is 5. The van der Waals surface area contributed by atoms with E-state index in [1.54, 1.807) is 12.1 Å². The maximum Gasteiger partial charge on any atom is 0.273 e. The minimum Gasteiger partial charge on any atom is -0.357 e. The summed E-state index contributed by atoms with van der Waals surface area (Å²) in [5, 5.41) is 4.38. The van der Waals surface area contributed by atoms with Gasteiger partial charge < -0.3 is 10.6 Å². The van der Waals surface area contributed by atoms with Crippen LogP contribution in [-0.4, -0.2) is 42.9 Å². The minimum absolute atomic E-state index is 0.00320. The third-order valence-corrected chi connectivity index (χ3v) is 5.08. The fraction of sp³-hybridized carbons (Fsp3) is 0.167. The molecule has 8 nitrogen and oxygen atoms in total. The van der Waals surface area contributed by atoms with E-state index >= 15 is 0 Å². The van der Waals surface area contributed by atoms with Gasteiger partial charge in [-0.15, -0.1) is 0 Å². The van der Waals surface area contributed by atoms with Gasteiger partial charge in [-0.3, -0.25) is 14.0 Å². The number of carbonyl (C=O) groups excluding carboxylic acids is 2. The third kappa shape index (κ3) is 3.94. The van der Waals surface area contributed by atoms with E-state index in [9.17, 15) is 26.8 Å². The first-order valence-electron chi connectivity index (χ1n) is 8.28. The number of nitrogens with zero attached hydrogens (tertiary/aromatic N) is 2. The Bertz CT molecular complexity index is 1220. The van der Waals surface area contributed by atoms with Crippen LogP contribution in [0.25, 0.3) is 5.52 Å². The van der Waals surface area contributed by atoms with Gasteiger partial charge in [-0.2, -0.15) is 0 Å². The van der Waals surface area contributed by atoms with Gasteiger partial charge in [0.25, 0.3) is 5.91 Å². The highest BCUT2D eigenvalue weighted by molar-refractivity contribution is 7.90. The normalized spacial score (nSPS) is 12.6. The molecular weight excluding hydrogens is 406 g/mol. The lowest BCUT2D eigenvalue weighted by Crippen LogP contribution is -2.39. The number of nitrogens with one attached hydrogen (secondary N) is 2. The Balaban J connectivity index is 2.05. The van der Waals surface area contributed by atoms with Gasteiger partial charge in [-0.25, -0.2) is 22.2 Å². The molecular formula is C18H16F2N4O4S. The predicted molar refractivity (Wildman–Crippen MR) is 98.9 cm³/mol. The first-order chi connectivity index (χ1) is 13.6. The fourth-order valence-electron chi connectivity index (χ4n) is 2.77. The zero-order valence-corrected chi connectivity index (χ0v) is 16.1. The van der Waals surface area contributed by atoms with Gasteiger partial charge in [0.1, 0.15) is 6.04 Å². The number of imidazole rings is 1. The number of likely N-dealkylation sites (N-methyl/N-ethyl adjacent to an activating group) is 1. The highest BCUT2D eigenvalue weighted by atomic mass is 32.2. The molecule has 0 aliphatic rings. The van der Waals surface area contributed by atoms with Crippen LogP contribution in [0, 0.1) is 11.6 Å². The number of pyridine rings is 1. The average Bonchev–Trinajstić information content (AvgIpc) is 3.08. The lowest BCUT2D eigenvalue weighted by atomic mass is 10.1. The number of amides is 2. The molecule has 0 bridgehead atoms. The molecule has 3 rings (SSSR count). The summed E-state index contributed by atoms with van der Waals surface area (Å²) in [7, 11) is -2.44. The number of halogens is 2. The largest absolute Gasteiger partial charge is 0.357 e. The van der Waals surface area contributed by atoms with Gasteiger partial charge in [-0.05, 0) is 29.8 Å². The molecule has 1 aromatic carbocycles. The van der Waals surface area contributed by atoms with Crippen molar-refractivity contribution in [3.8, 4) is 0 Å². The van der Waals surface area contributed by atoms with Crippen molar-refractivity contribution in [1.82, 2.24) is 20.0 Å². The van der Waals surface area contributed by atoms with Crippen molar-refractivity contribution in [3.05, 3.63) is 65.5 Å². The van der Waals surface area contributed by atoms with Crippen molar-refractivity contribution >= 4 is 27.2 Å². The molecule has 3 aromatic rings. The lowest BCUT2D eigenvalue weighted by molar-refractivity contribution is -0.122. The Labute approximate surface area is 164 Å². The highest BCUT2D eigenvalue weighted by Crippen LogP contribution is 2.20. The number of fused-ring (bicyclic) bond motifs is 1. The van der Waals surface area contributed by atoms with Gasteiger partial charge in [0.2, 0.25) is 20.9 Å².